The number of amides is 1. The quantitative estimate of drug-likeness (QED) is 0.662. The second-order valence-corrected chi connectivity index (χ2v) is 6.67. The number of pyridine rings is 1. The summed E-state index contributed by atoms with van der Waals surface area (Å²) in [4.78, 5) is 18.1. The van der Waals surface area contributed by atoms with Gasteiger partial charge >= 0.3 is 0 Å². The first kappa shape index (κ1) is 12.5. The number of aryl methyl sites for hydroxylation is 1. The van der Waals surface area contributed by atoms with Crippen LogP contribution in [-0.2, 0) is 4.79 Å². The molecule has 1 unspecified atom stereocenters. The molecule has 1 aliphatic rings. The van der Waals surface area contributed by atoms with E-state index in [-0.39, 0.29) is 10.7 Å². The van der Waals surface area contributed by atoms with Crippen molar-refractivity contribution < 1.29 is 4.79 Å². The minimum Gasteiger partial charge on any atom is -0.295 e. The van der Waals surface area contributed by atoms with Crippen molar-refractivity contribution in [2.24, 2.45) is 0 Å². The summed E-state index contributed by atoms with van der Waals surface area (Å²) in [5, 5.41) is 0. The van der Waals surface area contributed by atoms with Gasteiger partial charge in [0.2, 0.25) is 5.91 Å². The zero-order valence-electron chi connectivity index (χ0n) is 8.51. The smallest absolute Gasteiger partial charge is 0.229 e. The molecule has 6 heteroatoms. The van der Waals surface area contributed by atoms with Crippen LogP contribution in [0.25, 0.3) is 0 Å². The van der Waals surface area contributed by atoms with Gasteiger partial charge in [0.05, 0.1) is 10.2 Å². The molecule has 0 bridgehead atoms. The molecule has 1 aromatic rings. The van der Waals surface area contributed by atoms with Crippen LogP contribution in [0.15, 0.2) is 15.0 Å². The average molecular weight is 413 g/mol. The van der Waals surface area contributed by atoms with Gasteiger partial charge in [0, 0.05) is 22.3 Å². The molecule has 1 saturated heterocycles. The molecule has 0 N–H and O–H groups in total. The highest BCUT2D eigenvalue weighted by atomic mass is 79.9. The summed E-state index contributed by atoms with van der Waals surface area (Å²) >= 11 is 10.3. The number of hydrogen-bond donors (Lipinski definition) is 0. The van der Waals surface area contributed by atoms with Gasteiger partial charge in [0.25, 0.3) is 0 Å². The molecule has 86 valence electrons. The Balaban J connectivity index is 2.41. The molecule has 0 spiro atoms. The van der Waals surface area contributed by atoms with Gasteiger partial charge in [-0.25, -0.2) is 4.98 Å². The van der Waals surface area contributed by atoms with Crippen LogP contribution in [0.1, 0.15) is 12.1 Å². The third-order valence-corrected chi connectivity index (χ3v) is 4.42. The lowest BCUT2D eigenvalue weighted by Crippen LogP contribution is -2.26. The second-order valence-electron chi connectivity index (χ2n) is 3.67. The molecule has 1 fully saturated rings. The normalized spacial score (nSPS) is 20.6. The number of halogens is 3. The Morgan fingerprint density at radius 3 is 2.69 bits per heavy atom. The van der Waals surface area contributed by atoms with Gasteiger partial charge < -0.3 is 0 Å². The Bertz CT molecular complexity index is 450. The summed E-state index contributed by atoms with van der Waals surface area (Å²) in [7, 11) is 0. The maximum absolute atomic E-state index is 11.8. The van der Waals surface area contributed by atoms with Gasteiger partial charge in [0.15, 0.2) is 0 Å². The van der Waals surface area contributed by atoms with E-state index in [9.17, 15) is 4.79 Å². The van der Waals surface area contributed by atoms with Crippen molar-refractivity contribution in [2.45, 2.75) is 18.2 Å². The summed E-state index contributed by atoms with van der Waals surface area (Å²) in [5.41, 5.74) is 0.879. The summed E-state index contributed by atoms with van der Waals surface area (Å²) in [6.45, 7) is 2.58. The van der Waals surface area contributed by atoms with Crippen molar-refractivity contribution in [3.8, 4) is 0 Å². The first-order valence-corrected chi connectivity index (χ1v) is 7.26. The van der Waals surface area contributed by atoms with Crippen molar-refractivity contribution in [3.05, 3.63) is 20.7 Å². The van der Waals surface area contributed by atoms with E-state index in [1.807, 2.05) is 13.0 Å². The highest BCUT2D eigenvalue weighted by molar-refractivity contribution is 9.11. The lowest BCUT2D eigenvalue weighted by atomic mass is 10.3. The molecule has 1 amide bonds. The van der Waals surface area contributed by atoms with E-state index in [1.54, 1.807) is 4.90 Å². The lowest BCUT2D eigenvalue weighted by molar-refractivity contribution is -0.117. The first-order chi connectivity index (χ1) is 7.49. The van der Waals surface area contributed by atoms with E-state index < -0.39 is 0 Å². The number of carbonyl (C=O) groups is 1. The third kappa shape index (κ3) is 2.33. The summed E-state index contributed by atoms with van der Waals surface area (Å²) in [6.07, 6.45) is 0.531. The summed E-state index contributed by atoms with van der Waals surface area (Å²) in [5.74, 6) is 0.810. The molecule has 1 aliphatic heterocycles. The van der Waals surface area contributed by atoms with Crippen LogP contribution in [0.4, 0.5) is 5.82 Å². The van der Waals surface area contributed by atoms with Crippen molar-refractivity contribution in [3.63, 3.8) is 0 Å². The predicted octanol–water partition coefficient (Wildman–Crippen LogP) is 3.42. The molecule has 1 atom stereocenters. The largest absolute Gasteiger partial charge is 0.295 e. The molecule has 16 heavy (non-hydrogen) atoms. The van der Waals surface area contributed by atoms with Crippen LogP contribution in [0.5, 0.6) is 0 Å². The Hall–Kier alpha value is 0.0600. The average Bonchev–Trinajstić information content (AvgIpc) is 2.51. The zero-order valence-corrected chi connectivity index (χ0v) is 13.3. The highest BCUT2D eigenvalue weighted by Gasteiger charge is 2.31. The molecule has 0 aromatic carbocycles. The van der Waals surface area contributed by atoms with Gasteiger partial charge in [-0.2, -0.15) is 0 Å². The molecule has 1 aromatic heterocycles. The molecule has 2 heterocycles. The van der Waals surface area contributed by atoms with E-state index in [1.165, 1.54) is 0 Å². The lowest BCUT2D eigenvalue weighted by Gasteiger charge is -2.17. The van der Waals surface area contributed by atoms with Gasteiger partial charge in [-0.3, -0.25) is 9.69 Å². The Morgan fingerprint density at radius 2 is 2.12 bits per heavy atom. The Labute approximate surface area is 119 Å². The molecule has 0 aliphatic carbocycles. The van der Waals surface area contributed by atoms with E-state index in [0.29, 0.717) is 18.8 Å². The van der Waals surface area contributed by atoms with Crippen LogP contribution < -0.4 is 4.90 Å². The van der Waals surface area contributed by atoms with Crippen molar-refractivity contribution in [1.29, 1.82) is 0 Å². The SMILES string of the molecule is Cc1nc(N2CC(Br)CC2=O)c(Br)cc1Br. The number of nitrogens with zero attached hydrogens (tertiary/aromatic N) is 2. The fraction of sp³-hybridized carbons (Fsp3) is 0.400. The second kappa shape index (κ2) is 4.74. The van der Waals surface area contributed by atoms with E-state index in [4.69, 9.17) is 0 Å². The van der Waals surface area contributed by atoms with Crippen LogP contribution in [0, 0.1) is 6.92 Å². The van der Waals surface area contributed by atoms with Crippen LogP contribution >= 0.6 is 47.8 Å². The number of aromatic nitrogens is 1. The third-order valence-electron chi connectivity index (χ3n) is 2.42. The Morgan fingerprint density at radius 1 is 1.44 bits per heavy atom. The number of rotatable bonds is 1. The van der Waals surface area contributed by atoms with Crippen LogP contribution in [0.3, 0.4) is 0 Å². The number of anilines is 1. The van der Waals surface area contributed by atoms with Gasteiger partial charge in [-0.05, 0) is 44.8 Å². The van der Waals surface area contributed by atoms with Gasteiger partial charge in [0.1, 0.15) is 5.82 Å². The number of alkyl halides is 1. The Kier molecular flexibility index (Phi) is 3.71. The molecular weight excluding hydrogens is 404 g/mol. The monoisotopic (exact) mass is 410 g/mol. The fourth-order valence-corrected chi connectivity index (χ4v) is 3.33. The van der Waals surface area contributed by atoms with Crippen LogP contribution in [0.2, 0.25) is 0 Å². The van der Waals surface area contributed by atoms with Crippen molar-refractivity contribution in [2.75, 3.05) is 11.4 Å². The first-order valence-electron chi connectivity index (χ1n) is 4.76. The van der Waals surface area contributed by atoms with E-state index in [0.717, 1.165) is 14.6 Å². The number of carbonyl (C=O) groups excluding carboxylic acids is 1. The minimum atomic E-state index is 0.108. The molecular formula is C10H9Br3N2O. The zero-order chi connectivity index (χ0) is 11.9. The minimum absolute atomic E-state index is 0.108. The summed E-state index contributed by atoms with van der Waals surface area (Å²) in [6, 6.07) is 1.92. The summed E-state index contributed by atoms with van der Waals surface area (Å²) < 4.78 is 1.77. The predicted molar refractivity (Wildman–Crippen MR) is 74.1 cm³/mol. The van der Waals surface area contributed by atoms with Crippen molar-refractivity contribution >= 4 is 59.5 Å². The maximum Gasteiger partial charge on any atom is 0.229 e. The van der Waals surface area contributed by atoms with Crippen LogP contribution in [-0.4, -0.2) is 22.3 Å². The topological polar surface area (TPSA) is 33.2 Å². The molecule has 2 rings (SSSR count). The highest BCUT2D eigenvalue weighted by Crippen LogP contribution is 2.32. The van der Waals surface area contributed by atoms with E-state index in [2.05, 4.69) is 52.8 Å². The molecule has 0 saturated carbocycles. The molecule has 0 radical (unpaired) electrons. The maximum atomic E-state index is 11.8. The van der Waals surface area contributed by atoms with Gasteiger partial charge in [-0.15, -0.1) is 0 Å². The molecule has 3 nitrogen and oxygen atoms in total. The van der Waals surface area contributed by atoms with E-state index >= 15 is 0 Å². The van der Waals surface area contributed by atoms with Gasteiger partial charge in [-0.1, -0.05) is 15.9 Å². The standard InChI is InChI=1S/C10H9Br3N2O/c1-5-7(12)3-8(13)10(14-5)15-4-6(11)2-9(15)16/h3,6H,2,4H2,1H3. The fourth-order valence-electron chi connectivity index (χ4n) is 1.60. The van der Waals surface area contributed by atoms with Crippen molar-refractivity contribution in [1.82, 2.24) is 4.98 Å². The number of hydrogen-bond acceptors (Lipinski definition) is 2.